The lowest BCUT2D eigenvalue weighted by Crippen LogP contribution is -2.40. The van der Waals surface area contributed by atoms with E-state index in [2.05, 4.69) is 25.3 Å². The number of ether oxygens (including phenoxy) is 2. The number of piperidine rings is 1. The first kappa shape index (κ1) is 13.8. The fraction of sp³-hybridized carbons (Fsp3) is 0.727. The molecule has 8 heteroatoms. The molecule has 0 radical (unpaired) electrons. The quantitative estimate of drug-likeness (QED) is 0.576. The van der Waals surface area contributed by atoms with Gasteiger partial charge in [0, 0.05) is 19.7 Å². The summed E-state index contributed by atoms with van der Waals surface area (Å²) in [7, 11) is 1.51. The Kier molecular flexibility index (Phi) is 4.69. The van der Waals surface area contributed by atoms with Crippen LogP contribution in [0.4, 0.5) is 11.9 Å². The number of nitrogens with one attached hydrogen (secondary N) is 1. The Hall–Kier alpha value is -1.67. The Bertz CT molecular complexity index is 392. The molecular weight excluding hydrogens is 248 g/mol. The molecule has 0 spiro atoms. The van der Waals surface area contributed by atoms with Crippen LogP contribution in [0, 0.1) is 0 Å². The van der Waals surface area contributed by atoms with Crippen molar-refractivity contribution in [2.24, 2.45) is 5.84 Å². The van der Waals surface area contributed by atoms with E-state index >= 15 is 0 Å². The van der Waals surface area contributed by atoms with Crippen LogP contribution >= 0.6 is 0 Å². The van der Waals surface area contributed by atoms with Gasteiger partial charge >= 0.3 is 6.01 Å². The van der Waals surface area contributed by atoms with E-state index < -0.39 is 0 Å². The first-order valence-electron chi connectivity index (χ1n) is 6.40. The first-order chi connectivity index (χ1) is 9.26. The van der Waals surface area contributed by atoms with E-state index in [4.69, 9.17) is 15.3 Å². The first-order valence-corrected chi connectivity index (χ1v) is 6.40. The molecule has 0 saturated carbocycles. The molecule has 0 bridgehead atoms. The van der Waals surface area contributed by atoms with Crippen LogP contribution in [0.15, 0.2) is 0 Å². The number of hydrogen-bond donors (Lipinski definition) is 2. The third-order valence-corrected chi connectivity index (χ3v) is 2.98. The lowest BCUT2D eigenvalue weighted by Gasteiger charge is -2.32. The lowest BCUT2D eigenvalue weighted by molar-refractivity contribution is 0.0523. The van der Waals surface area contributed by atoms with Crippen LogP contribution in [0.5, 0.6) is 6.01 Å². The molecule has 3 N–H and O–H groups in total. The highest BCUT2D eigenvalue weighted by Crippen LogP contribution is 2.20. The van der Waals surface area contributed by atoms with Crippen molar-refractivity contribution >= 4 is 11.9 Å². The summed E-state index contributed by atoms with van der Waals surface area (Å²) >= 11 is 0. The molecule has 0 aromatic carbocycles. The summed E-state index contributed by atoms with van der Waals surface area (Å²) < 4.78 is 10.7. The molecule has 1 aliphatic rings. The zero-order valence-corrected chi connectivity index (χ0v) is 11.3. The number of hydrazine groups is 1. The van der Waals surface area contributed by atoms with Crippen molar-refractivity contribution in [3.05, 3.63) is 0 Å². The molecule has 1 aromatic rings. The molecule has 0 aliphatic carbocycles. The molecule has 1 atom stereocenters. The minimum absolute atomic E-state index is 0.218. The van der Waals surface area contributed by atoms with Crippen LogP contribution < -0.4 is 20.9 Å². The van der Waals surface area contributed by atoms with E-state index in [1.54, 1.807) is 0 Å². The molecule has 1 saturated heterocycles. The normalized spacial score (nSPS) is 19.3. The van der Waals surface area contributed by atoms with Crippen molar-refractivity contribution in [3.63, 3.8) is 0 Å². The highest BCUT2D eigenvalue weighted by atomic mass is 16.5. The van der Waals surface area contributed by atoms with Gasteiger partial charge < -0.3 is 14.4 Å². The Morgan fingerprint density at radius 2 is 2.26 bits per heavy atom. The second kappa shape index (κ2) is 6.48. The van der Waals surface area contributed by atoms with E-state index in [0.717, 1.165) is 25.9 Å². The predicted octanol–water partition coefficient (Wildman–Crippen LogP) is 0.171. The Labute approximate surface area is 112 Å². The van der Waals surface area contributed by atoms with Crippen molar-refractivity contribution in [1.82, 2.24) is 15.0 Å². The molecule has 8 nitrogen and oxygen atoms in total. The lowest BCUT2D eigenvalue weighted by atomic mass is 10.1. The van der Waals surface area contributed by atoms with Gasteiger partial charge in [-0.15, -0.1) is 0 Å². The maximum Gasteiger partial charge on any atom is 0.322 e. The average Bonchev–Trinajstić information content (AvgIpc) is 2.47. The number of nitrogens with zero attached hydrogens (tertiary/aromatic N) is 4. The Morgan fingerprint density at radius 3 is 2.95 bits per heavy atom. The van der Waals surface area contributed by atoms with Crippen LogP contribution in [0.2, 0.25) is 0 Å². The Balaban J connectivity index is 2.15. The van der Waals surface area contributed by atoms with E-state index in [0.29, 0.717) is 18.5 Å². The van der Waals surface area contributed by atoms with Crippen LogP contribution in [-0.2, 0) is 4.74 Å². The van der Waals surface area contributed by atoms with E-state index in [1.807, 2.05) is 6.92 Å². The fourth-order valence-corrected chi connectivity index (χ4v) is 2.13. The van der Waals surface area contributed by atoms with Crippen molar-refractivity contribution in [3.8, 4) is 6.01 Å². The van der Waals surface area contributed by atoms with Gasteiger partial charge in [-0.1, -0.05) is 0 Å². The van der Waals surface area contributed by atoms with Gasteiger partial charge in [0.2, 0.25) is 11.9 Å². The molecule has 2 heterocycles. The molecule has 1 fully saturated rings. The molecule has 106 valence electrons. The second-order valence-corrected chi connectivity index (χ2v) is 4.26. The van der Waals surface area contributed by atoms with Gasteiger partial charge in [0.15, 0.2) is 0 Å². The minimum Gasteiger partial charge on any atom is -0.467 e. The molecule has 1 aromatic heterocycles. The second-order valence-electron chi connectivity index (χ2n) is 4.26. The monoisotopic (exact) mass is 268 g/mol. The molecule has 0 amide bonds. The zero-order chi connectivity index (χ0) is 13.7. The standard InChI is InChI=1S/C11H20N6O2/c1-3-19-8-5-4-6-17(7-8)10-13-9(16-12)14-11(15-10)18-2/h8H,3-7,12H2,1-2H3,(H,13,14,15,16). The topological polar surface area (TPSA) is 98.4 Å². The number of methoxy groups -OCH3 is 1. The molecular formula is C11H20N6O2. The predicted molar refractivity (Wildman–Crippen MR) is 71.1 cm³/mol. The van der Waals surface area contributed by atoms with Crippen molar-refractivity contribution < 1.29 is 9.47 Å². The third kappa shape index (κ3) is 3.42. The van der Waals surface area contributed by atoms with Crippen molar-refractivity contribution in [1.29, 1.82) is 0 Å². The molecule has 19 heavy (non-hydrogen) atoms. The third-order valence-electron chi connectivity index (χ3n) is 2.98. The van der Waals surface area contributed by atoms with Crippen LogP contribution in [-0.4, -0.2) is 47.9 Å². The summed E-state index contributed by atoms with van der Waals surface area (Å²) in [6.45, 7) is 4.38. The minimum atomic E-state index is 0.218. The summed E-state index contributed by atoms with van der Waals surface area (Å²) in [4.78, 5) is 14.5. The number of anilines is 2. The Morgan fingerprint density at radius 1 is 1.42 bits per heavy atom. The maximum absolute atomic E-state index is 5.66. The molecule has 1 aliphatic heterocycles. The van der Waals surface area contributed by atoms with Crippen molar-refractivity contribution in [2.75, 3.05) is 37.1 Å². The highest BCUT2D eigenvalue weighted by Gasteiger charge is 2.23. The number of nitrogens with two attached hydrogens (primary N) is 1. The zero-order valence-electron chi connectivity index (χ0n) is 11.3. The van der Waals surface area contributed by atoms with Gasteiger partial charge in [-0.2, -0.15) is 15.0 Å². The number of hydrogen-bond acceptors (Lipinski definition) is 8. The van der Waals surface area contributed by atoms with Gasteiger partial charge in [0.05, 0.1) is 13.2 Å². The maximum atomic E-state index is 5.66. The highest BCUT2D eigenvalue weighted by molar-refractivity contribution is 5.38. The van der Waals surface area contributed by atoms with Gasteiger partial charge in [-0.3, -0.25) is 5.43 Å². The van der Waals surface area contributed by atoms with Crippen LogP contribution in [0.1, 0.15) is 19.8 Å². The molecule has 1 unspecified atom stereocenters. The number of rotatable bonds is 5. The summed E-state index contributed by atoms with van der Waals surface area (Å²) in [6, 6.07) is 0.247. The van der Waals surface area contributed by atoms with Crippen LogP contribution in [0.25, 0.3) is 0 Å². The summed E-state index contributed by atoms with van der Waals surface area (Å²) in [6.07, 6.45) is 2.33. The largest absolute Gasteiger partial charge is 0.467 e. The van der Waals surface area contributed by atoms with Gasteiger partial charge in [0.25, 0.3) is 0 Å². The number of aromatic nitrogens is 3. The van der Waals surface area contributed by atoms with E-state index in [-0.39, 0.29) is 12.1 Å². The smallest absolute Gasteiger partial charge is 0.322 e. The number of nitrogen functional groups attached to an aromatic ring is 1. The fourth-order valence-electron chi connectivity index (χ4n) is 2.13. The average molecular weight is 268 g/mol. The SMILES string of the molecule is CCOC1CCCN(c2nc(NN)nc(OC)n2)C1. The summed E-state index contributed by atoms with van der Waals surface area (Å²) in [5, 5.41) is 0. The van der Waals surface area contributed by atoms with Gasteiger partial charge in [-0.05, 0) is 19.8 Å². The van der Waals surface area contributed by atoms with Crippen LogP contribution in [0.3, 0.4) is 0 Å². The van der Waals surface area contributed by atoms with E-state index in [1.165, 1.54) is 7.11 Å². The summed E-state index contributed by atoms with van der Waals surface area (Å²) in [5.41, 5.74) is 2.42. The summed E-state index contributed by atoms with van der Waals surface area (Å²) in [5.74, 6) is 6.20. The van der Waals surface area contributed by atoms with E-state index in [9.17, 15) is 0 Å². The van der Waals surface area contributed by atoms with Gasteiger partial charge in [0.1, 0.15) is 0 Å². The van der Waals surface area contributed by atoms with Crippen molar-refractivity contribution in [2.45, 2.75) is 25.9 Å². The van der Waals surface area contributed by atoms with Gasteiger partial charge in [-0.25, -0.2) is 5.84 Å². The molecule has 2 rings (SSSR count).